The van der Waals surface area contributed by atoms with Crippen LogP contribution in [0.1, 0.15) is 26.3 Å². The second-order valence-electron chi connectivity index (χ2n) is 6.14. The molecular weight excluding hydrogens is 296 g/mol. The second-order valence-corrected chi connectivity index (χ2v) is 6.14. The Morgan fingerprint density at radius 3 is 2.45 bits per heavy atom. The Labute approximate surface area is 138 Å². The van der Waals surface area contributed by atoms with Gasteiger partial charge in [0.05, 0.1) is 12.0 Å². The summed E-state index contributed by atoms with van der Waals surface area (Å²) < 4.78 is 0. The Bertz CT molecular complexity index is 637. The first kappa shape index (κ1) is 18.5. The van der Waals surface area contributed by atoms with E-state index in [4.69, 9.17) is 5.73 Å². The highest BCUT2D eigenvalue weighted by atomic mass is 35.5. The fourth-order valence-electron chi connectivity index (χ4n) is 2.41. The number of halogens is 1. The summed E-state index contributed by atoms with van der Waals surface area (Å²) in [5.74, 6) is 0.312. The van der Waals surface area contributed by atoms with Crippen LogP contribution in [0.2, 0.25) is 0 Å². The van der Waals surface area contributed by atoms with Gasteiger partial charge in [-0.05, 0) is 29.2 Å². The predicted molar refractivity (Wildman–Crippen MR) is 95.3 cm³/mol. The number of fused-ring (bicyclic) bond motifs is 1. The van der Waals surface area contributed by atoms with Gasteiger partial charge in [0.15, 0.2) is 0 Å². The third-order valence-electron chi connectivity index (χ3n) is 4.35. The summed E-state index contributed by atoms with van der Waals surface area (Å²) in [7, 11) is 0. The highest BCUT2D eigenvalue weighted by Gasteiger charge is 2.28. The normalized spacial score (nSPS) is 13.5. The third kappa shape index (κ3) is 3.99. The van der Waals surface area contributed by atoms with Crippen molar-refractivity contribution in [1.82, 2.24) is 5.32 Å². The first-order chi connectivity index (χ1) is 9.96. The summed E-state index contributed by atoms with van der Waals surface area (Å²) >= 11 is 0. The zero-order chi connectivity index (χ0) is 15.5. The van der Waals surface area contributed by atoms with Gasteiger partial charge in [0.25, 0.3) is 0 Å². The van der Waals surface area contributed by atoms with Crippen LogP contribution in [0.25, 0.3) is 10.8 Å². The highest BCUT2D eigenvalue weighted by Crippen LogP contribution is 2.20. The Hall–Kier alpha value is -1.58. The summed E-state index contributed by atoms with van der Waals surface area (Å²) in [6, 6.07) is 14.2. The first-order valence-corrected chi connectivity index (χ1v) is 7.44. The molecule has 0 aliphatic rings. The van der Waals surface area contributed by atoms with Crippen LogP contribution in [0.15, 0.2) is 42.5 Å². The Balaban J connectivity index is 0.00000242. The zero-order valence-corrected chi connectivity index (χ0v) is 14.2. The van der Waals surface area contributed by atoms with Crippen molar-refractivity contribution in [2.24, 2.45) is 11.7 Å². The van der Waals surface area contributed by atoms with Crippen LogP contribution in [0.4, 0.5) is 0 Å². The lowest BCUT2D eigenvalue weighted by molar-refractivity contribution is -0.122. The number of carbonyl (C=O) groups is 1. The molecule has 1 atom stereocenters. The number of hydrogen-bond acceptors (Lipinski definition) is 2. The number of nitrogens with two attached hydrogens (primary N) is 1. The number of benzene rings is 2. The Kier molecular flexibility index (Phi) is 6.39. The molecule has 0 fully saturated rings. The minimum absolute atomic E-state index is 0. The molecule has 3 N–H and O–H groups in total. The van der Waals surface area contributed by atoms with Gasteiger partial charge in [-0.2, -0.15) is 0 Å². The first-order valence-electron chi connectivity index (χ1n) is 7.44. The van der Waals surface area contributed by atoms with Crippen LogP contribution >= 0.6 is 12.4 Å². The lowest BCUT2D eigenvalue weighted by Gasteiger charge is -2.33. The van der Waals surface area contributed by atoms with Crippen molar-refractivity contribution in [2.75, 3.05) is 6.54 Å². The quantitative estimate of drug-likeness (QED) is 0.888. The number of nitrogens with one attached hydrogen (secondary N) is 1. The molecule has 120 valence electrons. The number of hydrogen-bond donors (Lipinski definition) is 2. The van der Waals surface area contributed by atoms with Gasteiger partial charge in [0.1, 0.15) is 0 Å². The van der Waals surface area contributed by atoms with E-state index >= 15 is 0 Å². The van der Waals surface area contributed by atoms with Gasteiger partial charge in [-0.15, -0.1) is 12.4 Å². The fraction of sp³-hybridized carbons (Fsp3) is 0.389. The molecule has 3 nitrogen and oxygen atoms in total. The van der Waals surface area contributed by atoms with E-state index in [9.17, 15) is 4.79 Å². The van der Waals surface area contributed by atoms with E-state index < -0.39 is 0 Å². The molecular formula is C18H25ClN2O. The molecule has 0 saturated carbocycles. The summed E-state index contributed by atoms with van der Waals surface area (Å²) in [5, 5.41) is 5.39. The minimum Gasteiger partial charge on any atom is -0.349 e. The Morgan fingerprint density at radius 1 is 1.18 bits per heavy atom. The van der Waals surface area contributed by atoms with Crippen LogP contribution in [-0.2, 0) is 11.2 Å². The summed E-state index contributed by atoms with van der Waals surface area (Å²) in [6.07, 6.45) is 0.379. The average Bonchev–Trinajstić information content (AvgIpc) is 2.47. The van der Waals surface area contributed by atoms with E-state index in [0.29, 0.717) is 18.9 Å². The maximum absolute atomic E-state index is 12.4. The summed E-state index contributed by atoms with van der Waals surface area (Å²) in [6.45, 7) is 6.58. The van der Waals surface area contributed by atoms with E-state index in [1.807, 2.05) is 31.2 Å². The molecule has 2 aromatic rings. The van der Waals surface area contributed by atoms with Crippen molar-refractivity contribution in [3.05, 3.63) is 48.0 Å². The average molecular weight is 321 g/mol. The molecule has 0 aliphatic heterocycles. The molecule has 1 amide bonds. The second kappa shape index (κ2) is 7.61. The van der Waals surface area contributed by atoms with Crippen molar-refractivity contribution < 1.29 is 4.79 Å². The van der Waals surface area contributed by atoms with Gasteiger partial charge in [-0.25, -0.2) is 0 Å². The topological polar surface area (TPSA) is 55.1 Å². The molecule has 0 bridgehead atoms. The largest absolute Gasteiger partial charge is 0.349 e. The molecule has 0 saturated heterocycles. The number of rotatable bonds is 5. The van der Waals surface area contributed by atoms with Gasteiger partial charge in [-0.1, -0.05) is 56.3 Å². The van der Waals surface area contributed by atoms with Gasteiger partial charge < -0.3 is 11.1 Å². The van der Waals surface area contributed by atoms with Crippen molar-refractivity contribution in [1.29, 1.82) is 0 Å². The fourth-order valence-corrected chi connectivity index (χ4v) is 2.41. The van der Waals surface area contributed by atoms with Gasteiger partial charge in [0.2, 0.25) is 5.91 Å². The van der Waals surface area contributed by atoms with Crippen LogP contribution < -0.4 is 11.1 Å². The Morgan fingerprint density at radius 2 is 1.82 bits per heavy atom. The summed E-state index contributed by atoms with van der Waals surface area (Å²) in [4.78, 5) is 12.4. The lowest BCUT2D eigenvalue weighted by atomic mass is 9.88. The van der Waals surface area contributed by atoms with Crippen LogP contribution in [0.3, 0.4) is 0 Å². The third-order valence-corrected chi connectivity index (χ3v) is 4.35. The van der Waals surface area contributed by atoms with Gasteiger partial charge in [0, 0.05) is 6.54 Å². The maximum Gasteiger partial charge on any atom is 0.224 e. The van der Waals surface area contributed by atoms with Gasteiger partial charge in [-0.3, -0.25) is 4.79 Å². The van der Waals surface area contributed by atoms with Crippen molar-refractivity contribution in [3.8, 4) is 0 Å². The smallest absolute Gasteiger partial charge is 0.224 e. The van der Waals surface area contributed by atoms with Crippen LogP contribution in [0, 0.1) is 5.92 Å². The highest BCUT2D eigenvalue weighted by molar-refractivity contribution is 5.90. The zero-order valence-electron chi connectivity index (χ0n) is 13.4. The van der Waals surface area contributed by atoms with E-state index in [-0.39, 0.29) is 23.9 Å². The molecule has 1 unspecified atom stereocenters. The SMILES string of the molecule is CC(C)C(C)(CN)NC(=O)Cc1cccc2ccccc12.Cl. The van der Waals surface area contributed by atoms with Crippen molar-refractivity contribution in [2.45, 2.75) is 32.7 Å². The van der Waals surface area contributed by atoms with Crippen molar-refractivity contribution in [3.63, 3.8) is 0 Å². The van der Waals surface area contributed by atoms with Crippen LogP contribution in [0.5, 0.6) is 0 Å². The molecule has 0 aliphatic carbocycles. The molecule has 4 heteroatoms. The van der Waals surface area contributed by atoms with Gasteiger partial charge >= 0.3 is 0 Å². The van der Waals surface area contributed by atoms with E-state index in [2.05, 4.69) is 37.4 Å². The molecule has 0 heterocycles. The standard InChI is InChI=1S/C18H24N2O.ClH/c1-13(2)18(3,12-19)20-17(21)11-15-9-6-8-14-7-4-5-10-16(14)15;/h4-10,13H,11-12,19H2,1-3H3,(H,20,21);1H. The molecule has 0 aromatic heterocycles. The lowest BCUT2D eigenvalue weighted by Crippen LogP contribution is -2.55. The maximum atomic E-state index is 12.4. The molecule has 0 spiro atoms. The van der Waals surface area contributed by atoms with Crippen LogP contribution in [-0.4, -0.2) is 18.0 Å². The van der Waals surface area contributed by atoms with Crippen molar-refractivity contribution >= 4 is 29.1 Å². The molecule has 2 rings (SSSR count). The minimum atomic E-state index is -0.359. The number of carbonyl (C=O) groups excluding carboxylic acids is 1. The predicted octanol–water partition coefficient (Wildman–Crippen LogP) is 3.29. The van der Waals surface area contributed by atoms with E-state index in [1.165, 1.54) is 0 Å². The molecule has 2 aromatic carbocycles. The van der Waals surface area contributed by atoms with E-state index in [0.717, 1.165) is 16.3 Å². The number of amides is 1. The summed E-state index contributed by atoms with van der Waals surface area (Å²) in [5.41, 5.74) is 6.52. The van der Waals surface area contributed by atoms with E-state index in [1.54, 1.807) is 0 Å². The monoisotopic (exact) mass is 320 g/mol. The molecule has 0 radical (unpaired) electrons. The molecule has 22 heavy (non-hydrogen) atoms.